The molecular weight excluding hydrogens is 339 g/mol. The number of methoxy groups -OCH3 is 1. The lowest BCUT2D eigenvalue weighted by Gasteiger charge is -2.35. The van der Waals surface area contributed by atoms with Gasteiger partial charge in [-0.15, -0.1) is 0 Å². The molecule has 1 aliphatic heterocycles. The van der Waals surface area contributed by atoms with E-state index in [9.17, 15) is 18.8 Å². The molecule has 1 aromatic carbocycles. The molecule has 1 aliphatic carbocycles. The molecule has 0 radical (unpaired) electrons. The van der Waals surface area contributed by atoms with Crippen molar-refractivity contribution in [2.45, 2.75) is 44.1 Å². The predicted molar refractivity (Wildman–Crippen MR) is 92.8 cm³/mol. The van der Waals surface area contributed by atoms with Gasteiger partial charge in [-0.3, -0.25) is 9.59 Å². The van der Waals surface area contributed by atoms with Gasteiger partial charge in [0, 0.05) is 12.2 Å². The van der Waals surface area contributed by atoms with Crippen molar-refractivity contribution in [1.82, 2.24) is 5.32 Å². The molecule has 6 nitrogen and oxygen atoms in total. The van der Waals surface area contributed by atoms with Crippen LogP contribution >= 0.6 is 0 Å². The zero-order chi connectivity index (χ0) is 18.7. The normalized spacial score (nSPS) is 22.2. The van der Waals surface area contributed by atoms with Crippen molar-refractivity contribution < 1.29 is 23.5 Å². The van der Waals surface area contributed by atoms with Crippen LogP contribution in [0.1, 0.15) is 38.5 Å². The molecule has 140 valence electrons. The maximum atomic E-state index is 13.1. The van der Waals surface area contributed by atoms with Crippen LogP contribution in [0, 0.1) is 11.7 Å². The lowest BCUT2D eigenvalue weighted by Crippen LogP contribution is -2.58. The van der Waals surface area contributed by atoms with Gasteiger partial charge in [0.15, 0.2) is 0 Å². The molecule has 1 atom stereocenters. The van der Waals surface area contributed by atoms with Gasteiger partial charge >= 0.3 is 5.97 Å². The lowest BCUT2D eigenvalue weighted by molar-refractivity contribution is -0.153. The third-order valence-electron chi connectivity index (χ3n) is 5.31. The lowest BCUT2D eigenvalue weighted by atomic mass is 9.81. The largest absolute Gasteiger partial charge is 0.467 e. The number of ether oxygens (including phenoxy) is 1. The summed E-state index contributed by atoms with van der Waals surface area (Å²) >= 11 is 0. The van der Waals surface area contributed by atoms with Crippen LogP contribution in [-0.4, -0.2) is 37.0 Å². The highest BCUT2D eigenvalue weighted by Crippen LogP contribution is 2.31. The standard InChI is InChI=1S/C19H23FN2O4/c1-26-18(25)19(10-3-2-4-11-19)21-16(23)15-9-12-22(17(15)24)14-7-5-13(20)6-8-14/h5-8,15H,2-4,9-12H2,1H3,(H,21,23)/t15-/m1/s1. The number of nitrogens with zero attached hydrogens (tertiary/aromatic N) is 1. The number of hydrogen-bond donors (Lipinski definition) is 1. The van der Waals surface area contributed by atoms with Crippen LogP contribution in [0.4, 0.5) is 10.1 Å². The number of carbonyl (C=O) groups is 3. The third-order valence-corrected chi connectivity index (χ3v) is 5.31. The molecule has 1 N–H and O–H groups in total. The Balaban J connectivity index is 1.72. The summed E-state index contributed by atoms with van der Waals surface area (Å²) in [5, 5.41) is 2.82. The summed E-state index contributed by atoms with van der Waals surface area (Å²) in [4.78, 5) is 39.2. The van der Waals surface area contributed by atoms with Gasteiger partial charge in [0.05, 0.1) is 7.11 Å². The molecule has 2 aliphatic rings. The number of amides is 2. The molecule has 1 aromatic rings. The highest BCUT2D eigenvalue weighted by Gasteiger charge is 2.46. The number of esters is 1. The molecule has 0 unspecified atom stereocenters. The minimum absolute atomic E-state index is 0.329. The first kappa shape index (κ1) is 18.4. The van der Waals surface area contributed by atoms with Crippen molar-refractivity contribution >= 4 is 23.5 Å². The Morgan fingerprint density at radius 1 is 1.19 bits per heavy atom. The molecule has 26 heavy (non-hydrogen) atoms. The number of halogens is 1. The van der Waals surface area contributed by atoms with Crippen molar-refractivity contribution in [3.05, 3.63) is 30.1 Å². The quantitative estimate of drug-likeness (QED) is 0.658. The maximum Gasteiger partial charge on any atom is 0.331 e. The average molecular weight is 362 g/mol. The fourth-order valence-electron chi connectivity index (χ4n) is 3.85. The molecule has 1 saturated carbocycles. The summed E-state index contributed by atoms with van der Waals surface area (Å²) in [7, 11) is 1.31. The molecule has 0 bridgehead atoms. The van der Waals surface area contributed by atoms with E-state index in [0.29, 0.717) is 31.5 Å². The summed E-state index contributed by atoms with van der Waals surface area (Å²) in [6.07, 6.45) is 4.07. The minimum Gasteiger partial charge on any atom is -0.467 e. The van der Waals surface area contributed by atoms with E-state index < -0.39 is 23.3 Å². The minimum atomic E-state index is -1.03. The summed E-state index contributed by atoms with van der Waals surface area (Å²) in [5.41, 5.74) is -0.472. The molecule has 1 heterocycles. The van der Waals surface area contributed by atoms with Gasteiger partial charge in [-0.2, -0.15) is 0 Å². The van der Waals surface area contributed by atoms with Crippen molar-refractivity contribution in [1.29, 1.82) is 0 Å². The summed E-state index contributed by atoms with van der Waals surface area (Å²) < 4.78 is 18.0. The number of anilines is 1. The maximum absolute atomic E-state index is 13.1. The van der Waals surface area contributed by atoms with E-state index >= 15 is 0 Å². The predicted octanol–water partition coefficient (Wildman–Crippen LogP) is 2.17. The first-order valence-electron chi connectivity index (χ1n) is 8.94. The summed E-state index contributed by atoms with van der Waals surface area (Å²) in [6.45, 7) is 0.383. The first-order chi connectivity index (χ1) is 12.5. The van der Waals surface area contributed by atoms with E-state index in [0.717, 1.165) is 19.3 Å². The molecular formula is C19H23FN2O4. The van der Waals surface area contributed by atoms with Crippen LogP contribution in [0.2, 0.25) is 0 Å². The van der Waals surface area contributed by atoms with Crippen LogP contribution in [0.3, 0.4) is 0 Å². The van der Waals surface area contributed by atoms with Gasteiger partial charge in [-0.25, -0.2) is 9.18 Å². The molecule has 0 aromatic heterocycles. The van der Waals surface area contributed by atoms with Crippen molar-refractivity contribution in [3.63, 3.8) is 0 Å². The number of rotatable bonds is 4. The molecule has 7 heteroatoms. The highest BCUT2D eigenvalue weighted by atomic mass is 19.1. The second-order valence-electron chi connectivity index (χ2n) is 6.93. The van der Waals surface area contributed by atoms with Gasteiger partial charge in [-0.05, 0) is 43.5 Å². The Morgan fingerprint density at radius 2 is 1.85 bits per heavy atom. The summed E-state index contributed by atoms with van der Waals surface area (Å²) in [5.74, 6) is -2.45. The fourth-order valence-corrected chi connectivity index (χ4v) is 3.85. The zero-order valence-corrected chi connectivity index (χ0v) is 14.8. The van der Waals surface area contributed by atoms with E-state index in [1.165, 1.54) is 36.3 Å². The SMILES string of the molecule is COC(=O)C1(NC(=O)[C@H]2CCN(c3ccc(F)cc3)C2=O)CCCCC1. The van der Waals surface area contributed by atoms with Crippen LogP contribution in [0.25, 0.3) is 0 Å². The Hall–Kier alpha value is -2.44. The molecule has 2 amide bonds. The second kappa shape index (κ2) is 7.43. The Labute approximate surface area is 151 Å². The van der Waals surface area contributed by atoms with Crippen molar-refractivity contribution in [2.75, 3.05) is 18.6 Å². The van der Waals surface area contributed by atoms with Crippen molar-refractivity contribution in [3.8, 4) is 0 Å². The van der Waals surface area contributed by atoms with E-state index in [1.54, 1.807) is 0 Å². The Kier molecular flexibility index (Phi) is 5.25. The van der Waals surface area contributed by atoms with Crippen LogP contribution < -0.4 is 10.2 Å². The average Bonchev–Trinajstić information content (AvgIpc) is 3.04. The zero-order valence-electron chi connectivity index (χ0n) is 14.8. The Bertz CT molecular complexity index is 698. The molecule has 2 fully saturated rings. The van der Waals surface area contributed by atoms with Gasteiger partial charge in [0.25, 0.3) is 0 Å². The van der Waals surface area contributed by atoms with Gasteiger partial charge in [0.1, 0.15) is 17.3 Å². The topological polar surface area (TPSA) is 75.7 Å². The number of benzene rings is 1. The number of carbonyl (C=O) groups excluding carboxylic acids is 3. The molecule has 0 spiro atoms. The first-order valence-corrected chi connectivity index (χ1v) is 8.94. The smallest absolute Gasteiger partial charge is 0.331 e. The molecule has 3 rings (SSSR count). The van der Waals surface area contributed by atoms with Crippen molar-refractivity contribution in [2.24, 2.45) is 5.92 Å². The monoisotopic (exact) mass is 362 g/mol. The van der Waals surface area contributed by atoms with Gasteiger partial charge in [-0.1, -0.05) is 19.3 Å². The molecule has 1 saturated heterocycles. The van der Waals surface area contributed by atoms with Crippen LogP contribution in [0.15, 0.2) is 24.3 Å². The van der Waals surface area contributed by atoms with Gasteiger partial charge in [0.2, 0.25) is 11.8 Å². The summed E-state index contributed by atoms with van der Waals surface area (Å²) in [6, 6.07) is 5.60. The van der Waals surface area contributed by atoms with E-state index in [-0.39, 0.29) is 11.7 Å². The van der Waals surface area contributed by atoms with E-state index in [2.05, 4.69) is 5.32 Å². The second-order valence-corrected chi connectivity index (χ2v) is 6.93. The van der Waals surface area contributed by atoms with Gasteiger partial charge < -0.3 is 15.0 Å². The highest BCUT2D eigenvalue weighted by molar-refractivity contribution is 6.10. The van der Waals surface area contributed by atoms with E-state index in [4.69, 9.17) is 4.74 Å². The van der Waals surface area contributed by atoms with E-state index in [1.807, 2.05) is 0 Å². The van der Waals surface area contributed by atoms with Crippen LogP contribution in [-0.2, 0) is 19.1 Å². The number of hydrogen-bond acceptors (Lipinski definition) is 4. The third kappa shape index (κ3) is 3.43. The fraction of sp³-hybridized carbons (Fsp3) is 0.526. The van der Waals surface area contributed by atoms with Crippen LogP contribution in [0.5, 0.6) is 0 Å². The Morgan fingerprint density at radius 3 is 2.46 bits per heavy atom. The number of nitrogens with one attached hydrogen (secondary N) is 1.